The van der Waals surface area contributed by atoms with E-state index in [2.05, 4.69) is 19.9 Å². The molecule has 1 fully saturated rings. The van der Waals surface area contributed by atoms with Crippen LogP contribution in [0.4, 0.5) is 8.78 Å². The van der Waals surface area contributed by atoms with Crippen LogP contribution >= 0.6 is 0 Å². The molecule has 4 N–H and O–H groups in total. The molecule has 0 bridgehead atoms. The summed E-state index contributed by atoms with van der Waals surface area (Å²) in [6, 6.07) is 19.5. The number of ether oxygens (including phenoxy) is 1. The van der Waals surface area contributed by atoms with E-state index in [9.17, 15) is 32.8 Å². The van der Waals surface area contributed by atoms with Crippen LogP contribution in [-0.4, -0.2) is 103 Å². The molecule has 0 spiro atoms. The number of hydrogen-bond donors (Lipinski definition) is 4. The number of carbonyl (C=O) groups is 5. The quantitative estimate of drug-likeness (QED) is 0.120. The summed E-state index contributed by atoms with van der Waals surface area (Å²) in [4.78, 5) is 59.7. The fourth-order valence-electron chi connectivity index (χ4n) is 4.84. The number of aliphatic carboxylic acids is 4. The fourth-order valence-corrected chi connectivity index (χ4v) is 4.84. The Hall–Kier alpha value is -6.59. The van der Waals surface area contributed by atoms with Crippen molar-refractivity contribution in [1.82, 2.24) is 19.9 Å². The average molecular weight is 737 g/mol. The molecule has 53 heavy (non-hydrogen) atoms. The van der Waals surface area contributed by atoms with Crippen LogP contribution in [-0.2, 0) is 25.7 Å². The minimum absolute atomic E-state index is 0.0199. The predicted molar refractivity (Wildman–Crippen MR) is 181 cm³/mol. The van der Waals surface area contributed by atoms with Crippen molar-refractivity contribution < 1.29 is 62.4 Å². The van der Waals surface area contributed by atoms with Gasteiger partial charge in [-0.1, -0.05) is 29.4 Å². The van der Waals surface area contributed by atoms with Crippen LogP contribution in [0.1, 0.15) is 39.2 Å². The number of halogens is 2. The van der Waals surface area contributed by atoms with Crippen LogP contribution in [0.2, 0.25) is 0 Å². The van der Waals surface area contributed by atoms with Crippen LogP contribution < -0.4 is 4.74 Å². The van der Waals surface area contributed by atoms with E-state index in [1.54, 1.807) is 55.6 Å². The van der Waals surface area contributed by atoms with E-state index in [1.807, 2.05) is 0 Å². The van der Waals surface area contributed by atoms with E-state index in [4.69, 9.17) is 29.7 Å². The van der Waals surface area contributed by atoms with E-state index in [1.165, 1.54) is 24.3 Å². The molecule has 3 aromatic carbocycles. The van der Waals surface area contributed by atoms with Gasteiger partial charge in [-0.25, -0.2) is 28.0 Å². The van der Waals surface area contributed by atoms with E-state index in [0.717, 1.165) is 37.3 Å². The monoisotopic (exact) mass is 736 g/mol. The van der Waals surface area contributed by atoms with Gasteiger partial charge < -0.3 is 29.7 Å². The minimum Gasteiger partial charge on any atom is -0.497 e. The SMILES string of the molecule is COc1ccc(C(=O)c2noc(CN3CCN(C(c4ccc(F)cc4)c4ccc(F)cc4)CC3)n2)cc1.O=C(O)/C=C\C(=O)O.O=C(O)/C=C\C(=O)O. The second kappa shape index (κ2) is 20.3. The van der Waals surface area contributed by atoms with Gasteiger partial charge in [0.15, 0.2) is 0 Å². The van der Waals surface area contributed by atoms with Gasteiger partial charge in [-0.2, -0.15) is 4.98 Å². The van der Waals surface area contributed by atoms with E-state index in [0.29, 0.717) is 48.1 Å². The van der Waals surface area contributed by atoms with E-state index in [-0.39, 0.29) is 29.3 Å². The normalized spacial score (nSPS) is 13.1. The lowest BCUT2D eigenvalue weighted by Gasteiger charge is -2.39. The Morgan fingerprint density at radius 3 is 1.55 bits per heavy atom. The molecule has 5 rings (SSSR count). The third-order valence-corrected chi connectivity index (χ3v) is 7.26. The summed E-state index contributed by atoms with van der Waals surface area (Å²) in [5.74, 6) is -4.88. The summed E-state index contributed by atoms with van der Waals surface area (Å²) >= 11 is 0. The summed E-state index contributed by atoms with van der Waals surface area (Å²) in [7, 11) is 1.56. The molecule has 0 amide bonds. The molecule has 0 atom stereocenters. The van der Waals surface area contributed by atoms with Crippen molar-refractivity contribution in [3.8, 4) is 5.75 Å². The molecule has 0 unspecified atom stereocenters. The Kier molecular flexibility index (Phi) is 15.6. The zero-order chi connectivity index (χ0) is 38.9. The Labute approximate surface area is 300 Å². The lowest BCUT2D eigenvalue weighted by molar-refractivity contribution is -0.134. The molecule has 0 radical (unpaired) electrons. The van der Waals surface area contributed by atoms with Crippen molar-refractivity contribution in [2.75, 3.05) is 33.3 Å². The van der Waals surface area contributed by atoms with Crippen LogP contribution in [0.3, 0.4) is 0 Å². The molecule has 2 heterocycles. The average Bonchev–Trinajstić information content (AvgIpc) is 3.61. The number of rotatable bonds is 12. The van der Waals surface area contributed by atoms with Gasteiger partial charge in [0.1, 0.15) is 17.4 Å². The van der Waals surface area contributed by atoms with Gasteiger partial charge in [-0.05, 0) is 59.7 Å². The smallest absolute Gasteiger partial charge is 0.328 e. The highest BCUT2D eigenvalue weighted by Crippen LogP contribution is 2.30. The number of piperazine rings is 1. The molecule has 17 heteroatoms. The zero-order valence-corrected chi connectivity index (χ0v) is 28.0. The molecular weight excluding hydrogens is 702 g/mol. The van der Waals surface area contributed by atoms with Gasteiger partial charge in [0, 0.05) is 56.0 Å². The van der Waals surface area contributed by atoms with E-state index < -0.39 is 23.9 Å². The van der Waals surface area contributed by atoms with Gasteiger partial charge in [-0.15, -0.1) is 0 Å². The molecule has 1 aromatic heterocycles. The van der Waals surface area contributed by atoms with Crippen molar-refractivity contribution in [3.63, 3.8) is 0 Å². The second-order valence-electron chi connectivity index (χ2n) is 10.9. The highest BCUT2D eigenvalue weighted by atomic mass is 19.1. The molecule has 4 aromatic rings. The first-order valence-electron chi connectivity index (χ1n) is 15.5. The summed E-state index contributed by atoms with van der Waals surface area (Å²) in [6.07, 6.45) is 2.23. The Balaban J connectivity index is 0.000000395. The zero-order valence-electron chi connectivity index (χ0n) is 28.0. The van der Waals surface area contributed by atoms with Crippen molar-refractivity contribution in [2.45, 2.75) is 12.6 Å². The van der Waals surface area contributed by atoms with Gasteiger partial charge in [-0.3, -0.25) is 14.6 Å². The molecular formula is C36H34F2N4O11. The lowest BCUT2D eigenvalue weighted by Crippen LogP contribution is -2.47. The summed E-state index contributed by atoms with van der Waals surface area (Å²) < 4.78 is 37.6. The molecule has 15 nitrogen and oxygen atoms in total. The first kappa shape index (κ1) is 40.8. The summed E-state index contributed by atoms with van der Waals surface area (Å²) in [6.45, 7) is 3.33. The van der Waals surface area contributed by atoms with Crippen LogP contribution in [0.5, 0.6) is 5.75 Å². The maximum atomic E-state index is 13.6. The Bertz CT molecular complexity index is 1790. The molecule has 0 aliphatic carbocycles. The number of nitrogens with zero attached hydrogens (tertiary/aromatic N) is 4. The first-order valence-corrected chi connectivity index (χ1v) is 15.5. The van der Waals surface area contributed by atoms with Crippen molar-refractivity contribution in [1.29, 1.82) is 0 Å². The number of ketones is 1. The highest BCUT2D eigenvalue weighted by Gasteiger charge is 2.28. The van der Waals surface area contributed by atoms with Gasteiger partial charge in [0.25, 0.3) is 0 Å². The third kappa shape index (κ3) is 13.9. The van der Waals surface area contributed by atoms with Crippen LogP contribution in [0.25, 0.3) is 0 Å². The van der Waals surface area contributed by atoms with Gasteiger partial charge in [0.05, 0.1) is 19.7 Å². The molecule has 278 valence electrons. The fraction of sp³-hybridized carbons (Fsp3) is 0.194. The van der Waals surface area contributed by atoms with Gasteiger partial charge >= 0.3 is 23.9 Å². The minimum atomic E-state index is -1.26. The number of methoxy groups -OCH3 is 1. The van der Waals surface area contributed by atoms with E-state index >= 15 is 0 Å². The number of carboxylic acids is 4. The van der Waals surface area contributed by atoms with Crippen molar-refractivity contribution in [2.24, 2.45) is 0 Å². The number of carboxylic acid groups (broad SMARTS) is 4. The molecule has 1 aliphatic heterocycles. The topological polar surface area (TPSA) is 221 Å². The largest absolute Gasteiger partial charge is 0.497 e. The number of carbonyl (C=O) groups excluding carboxylic acids is 1. The van der Waals surface area contributed by atoms with Crippen molar-refractivity contribution in [3.05, 3.63) is 137 Å². The number of hydrogen-bond acceptors (Lipinski definition) is 11. The number of aromatic nitrogens is 2. The maximum absolute atomic E-state index is 13.6. The molecule has 1 aliphatic rings. The molecule has 0 saturated carbocycles. The van der Waals surface area contributed by atoms with Gasteiger partial charge in [0.2, 0.25) is 17.5 Å². The lowest BCUT2D eigenvalue weighted by atomic mass is 9.96. The maximum Gasteiger partial charge on any atom is 0.328 e. The summed E-state index contributed by atoms with van der Waals surface area (Å²) in [5, 5.41) is 35.1. The highest BCUT2D eigenvalue weighted by molar-refractivity contribution is 6.06. The third-order valence-electron chi connectivity index (χ3n) is 7.26. The standard InChI is InChI=1S/C28H26F2N4O3.2C4H4O4/c1-36-24-12-6-21(7-13-24)27(35)28-31-25(37-32-28)18-33-14-16-34(17-15-33)26(19-2-8-22(29)9-3-19)20-4-10-23(30)11-5-20;2*5-3(6)1-2-4(7)8/h2-13,26H,14-18H2,1H3;2*1-2H,(H,5,6)(H,7,8)/b;2*2-1-. The predicted octanol–water partition coefficient (Wildman–Crippen LogP) is 3.92. The Morgan fingerprint density at radius 2 is 1.15 bits per heavy atom. The summed E-state index contributed by atoms with van der Waals surface area (Å²) in [5.41, 5.74) is 2.34. The number of benzene rings is 3. The first-order chi connectivity index (χ1) is 25.2. The molecule has 1 saturated heterocycles. The van der Waals surface area contributed by atoms with Crippen LogP contribution in [0, 0.1) is 11.6 Å². The van der Waals surface area contributed by atoms with Crippen LogP contribution in [0.15, 0.2) is 102 Å². The van der Waals surface area contributed by atoms with Crippen molar-refractivity contribution >= 4 is 29.7 Å². The second-order valence-corrected chi connectivity index (χ2v) is 10.9. The Morgan fingerprint density at radius 1 is 0.717 bits per heavy atom.